The highest BCUT2D eigenvalue weighted by Gasteiger charge is 2.26. The second-order valence-electron chi connectivity index (χ2n) is 5.55. The summed E-state index contributed by atoms with van der Waals surface area (Å²) in [4.78, 5) is 18.5. The molecule has 0 bridgehead atoms. The minimum atomic E-state index is -0.176. The van der Waals surface area contributed by atoms with Gasteiger partial charge < -0.3 is 10.0 Å². The molecule has 1 saturated heterocycles. The molecule has 0 radical (unpaired) electrons. The summed E-state index contributed by atoms with van der Waals surface area (Å²) in [6.07, 6.45) is 2.75. The Morgan fingerprint density at radius 2 is 2.10 bits per heavy atom. The average molecular weight is 272 g/mol. The highest BCUT2D eigenvalue weighted by molar-refractivity contribution is 5.92. The molecule has 1 aliphatic heterocycles. The second kappa shape index (κ2) is 6.53. The topological polar surface area (TPSA) is 53.4 Å². The SMILES string of the molecule is CC1CC(C)CN(C(=O)c2ccc(C#CCO)cn2)C1. The van der Waals surface area contributed by atoms with Crippen LogP contribution in [-0.4, -0.2) is 40.6 Å². The summed E-state index contributed by atoms with van der Waals surface area (Å²) in [6.45, 7) is 5.78. The van der Waals surface area contributed by atoms with Crippen LogP contribution in [0.5, 0.6) is 0 Å². The van der Waals surface area contributed by atoms with Gasteiger partial charge in [0.15, 0.2) is 0 Å². The van der Waals surface area contributed by atoms with Crippen LogP contribution in [0, 0.1) is 23.7 Å². The van der Waals surface area contributed by atoms with E-state index in [0.29, 0.717) is 23.1 Å². The van der Waals surface area contributed by atoms with Gasteiger partial charge in [0, 0.05) is 24.8 Å². The van der Waals surface area contributed by atoms with Crippen molar-refractivity contribution < 1.29 is 9.90 Å². The first kappa shape index (κ1) is 14.5. The van der Waals surface area contributed by atoms with Gasteiger partial charge in [0.1, 0.15) is 12.3 Å². The number of carbonyl (C=O) groups is 1. The minimum Gasteiger partial charge on any atom is -0.384 e. The molecule has 1 fully saturated rings. The van der Waals surface area contributed by atoms with E-state index in [-0.39, 0.29) is 12.5 Å². The summed E-state index contributed by atoms with van der Waals surface area (Å²) in [5, 5.41) is 8.64. The minimum absolute atomic E-state index is 0.00920. The molecule has 1 amide bonds. The number of pyridine rings is 1. The second-order valence-corrected chi connectivity index (χ2v) is 5.55. The Balaban J connectivity index is 2.09. The lowest BCUT2D eigenvalue weighted by Crippen LogP contribution is -2.42. The fourth-order valence-electron chi connectivity index (χ4n) is 2.73. The standard InChI is InChI=1S/C16H20N2O2/c1-12-8-13(2)11-18(10-12)16(20)15-6-5-14(9-17-15)4-3-7-19/h5-6,9,12-13,19H,7-8,10-11H2,1-2H3. The first-order valence-electron chi connectivity index (χ1n) is 6.95. The van der Waals surface area contributed by atoms with Gasteiger partial charge in [0.05, 0.1) is 0 Å². The van der Waals surface area contributed by atoms with E-state index < -0.39 is 0 Å². The lowest BCUT2D eigenvalue weighted by atomic mass is 9.92. The summed E-state index contributed by atoms with van der Waals surface area (Å²) >= 11 is 0. The highest BCUT2D eigenvalue weighted by Crippen LogP contribution is 2.22. The summed E-state index contributed by atoms with van der Waals surface area (Å²) < 4.78 is 0. The first-order valence-corrected chi connectivity index (χ1v) is 6.95. The number of likely N-dealkylation sites (tertiary alicyclic amines) is 1. The Morgan fingerprint density at radius 3 is 2.65 bits per heavy atom. The monoisotopic (exact) mass is 272 g/mol. The molecule has 2 rings (SSSR count). The van der Waals surface area contributed by atoms with Gasteiger partial charge in [-0.1, -0.05) is 25.7 Å². The van der Waals surface area contributed by atoms with E-state index in [1.807, 2.05) is 4.90 Å². The summed E-state index contributed by atoms with van der Waals surface area (Å²) in [5.41, 5.74) is 1.16. The van der Waals surface area contributed by atoms with E-state index in [9.17, 15) is 4.79 Å². The van der Waals surface area contributed by atoms with Crippen molar-refractivity contribution in [1.29, 1.82) is 0 Å². The fraction of sp³-hybridized carbons (Fsp3) is 0.500. The lowest BCUT2D eigenvalue weighted by molar-refractivity contribution is 0.0617. The molecule has 2 atom stereocenters. The molecule has 1 aromatic heterocycles. The molecule has 0 saturated carbocycles. The Morgan fingerprint density at radius 1 is 1.40 bits per heavy atom. The van der Waals surface area contributed by atoms with Crippen molar-refractivity contribution in [3.05, 3.63) is 29.6 Å². The number of hydrogen-bond acceptors (Lipinski definition) is 3. The summed E-state index contributed by atoms with van der Waals surface area (Å²) in [6, 6.07) is 3.47. The van der Waals surface area contributed by atoms with E-state index in [1.54, 1.807) is 18.3 Å². The zero-order valence-electron chi connectivity index (χ0n) is 12.0. The molecule has 4 heteroatoms. The van der Waals surface area contributed by atoms with Gasteiger partial charge >= 0.3 is 0 Å². The van der Waals surface area contributed by atoms with Crippen molar-refractivity contribution in [3.8, 4) is 11.8 Å². The normalized spacial score (nSPS) is 22.1. The third-order valence-corrected chi connectivity index (χ3v) is 3.45. The number of amides is 1. The van der Waals surface area contributed by atoms with Gasteiger partial charge in [-0.05, 0) is 30.4 Å². The molecule has 2 unspecified atom stereocenters. The molecule has 106 valence electrons. The smallest absolute Gasteiger partial charge is 0.272 e. The predicted molar refractivity (Wildman–Crippen MR) is 77.0 cm³/mol. The van der Waals surface area contributed by atoms with Gasteiger partial charge in [0.2, 0.25) is 0 Å². The number of aliphatic hydroxyl groups excluding tert-OH is 1. The molecular formula is C16H20N2O2. The molecule has 0 aliphatic carbocycles. The Labute approximate surface area is 119 Å². The number of aromatic nitrogens is 1. The van der Waals surface area contributed by atoms with Gasteiger partial charge in [-0.2, -0.15) is 0 Å². The van der Waals surface area contributed by atoms with Crippen molar-refractivity contribution in [1.82, 2.24) is 9.88 Å². The number of hydrogen-bond donors (Lipinski definition) is 1. The van der Waals surface area contributed by atoms with Crippen LogP contribution < -0.4 is 0 Å². The molecule has 20 heavy (non-hydrogen) atoms. The van der Waals surface area contributed by atoms with Crippen molar-refractivity contribution >= 4 is 5.91 Å². The molecule has 1 aromatic rings. The van der Waals surface area contributed by atoms with E-state index in [0.717, 1.165) is 13.1 Å². The van der Waals surface area contributed by atoms with Crippen LogP contribution in [0.15, 0.2) is 18.3 Å². The van der Waals surface area contributed by atoms with Crippen LogP contribution in [0.2, 0.25) is 0 Å². The van der Waals surface area contributed by atoms with E-state index in [4.69, 9.17) is 5.11 Å². The van der Waals surface area contributed by atoms with Crippen LogP contribution in [0.4, 0.5) is 0 Å². The van der Waals surface area contributed by atoms with Gasteiger partial charge in [-0.25, -0.2) is 4.98 Å². The maximum absolute atomic E-state index is 12.4. The lowest BCUT2D eigenvalue weighted by Gasteiger charge is -2.34. The third-order valence-electron chi connectivity index (χ3n) is 3.45. The maximum atomic E-state index is 12.4. The Hall–Kier alpha value is -1.86. The molecule has 2 heterocycles. The van der Waals surface area contributed by atoms with Crippen molar-refractivity contribution in [3.63, 3.8) is 0 Å². The quantitative estimate of drug-likeness (QED) is 0.789. The molecule has 0 aromatic carbocycles. The summed E-state index contributed by atoms with van der Waals surface area (Å²) in [5.74, 6) is 6.39. The molecule has 0 spiro atoms. The average Bonchev–Trinajstić information content (AvgIpc) is 2.44. The first-order chi connectivity index (χ1) is 9.60. The van der Waals surface area contributed by atoms with Gasteiger partial charge in [-0.3, -0.25) is 4.79 Å². The van der Waals surface area contributed by atoms with E-state index in [1.165, 1.54) is 6.42 Å². The van der Waals surface area contributed by atoms with E-state index >= 15 is 0 Å². The molecule has 4 nitrogen and oxygen atoms in total. The third kappa shape index (κ3) is 3.58. The Kier molecular flexibility index (Phi) is 4.75. The van der Waals surface area contributed by atoms with Crippen LogP contribution in [0.3, 0.4) is 0 Å². The zero-order chi connectivity index (χ0) is 14.5. The molecule has 1 aliphatic rings. The van der Waals surface area contributed by atoms with Gasteiger partial charge in [-0.15, -0.1) is 0 Å². The predicted octanol–water partition coefficient (Wildman–Crippen LogP) is 1.54. The van der Waals surface area contributed by atoms with Crippen LogP contribution >= 0.6 is 0 Å². The van der Waals surface area contributed by atoms with Crippen molar-refractivity contribution in [2.24, 2.45) is 11.8 Å². The number of aliphatic hydroxyl groups is 1. The van der Waals surface area contributed by atoms with E-state index in [2.05, 4.69) is 30.7 Å². The van der Waals surface area contributed by atoms with Crippen molar-refractivity contribution in [2.75, 3.05) is 19.7 Å². The fourth-order valence-corrected chi connectivity index (χ4v) is 2.73. The highest BCUT2D eigenvalue weighted by atomic mass is 16.2. The number of nitrogens with zero attached hydrogens (tertiary/aromatic N) is 2. The Bertz CT molecular complexity index is 518. The molecule has 1 N–H and O–H groups in total. The van der Waals surface area contributed by atoms with Crippen LogP contribution in [0.1, 0.15) is 36.3 Å². The maximum Gasteiger partial charge on any atom is 0.272 e. The summed E-state index contributed by atoms with van der Waals surface area (Å²) in [7, 11) is 0. The van der Waals surface area contributed by atoms with Gasteiger partial charge in [0.25, 0.3) is 5.91 Å². The zero-order valence-corrected chi connectivity index (χ0v) is 12.0. The van der Waals surface area contributed by atoms with Crippen LogP contribution in [-0.2, 0) is 0 Å². The molecular weight excluding hydrogens is 252 g/mol. The van der Waals surface area contributed by atoms with Crippen molar-refractivity contribution in [2.45, 2.75) is 20.3 Å². The number of piperidine rings is 1. The van der Waals surface area contributed by atoms with Crippen LogP contribution in [0.25, 0.3) is 0 Å². The number of carbonyl (C=O) groups excluding carboxylic acids is 1. The largest absolute Gasteiger partial charge is 0.384 e. The number of rotatable bonds is 1.